The minimum Gasteiger partial charge on any atom is -0.339 e. The van der Waals surface area contributed by atoms with Crippen LogP contribution in [-0.4, -0.2) is 48.0 Å². The van der Waals surface area contributed by atoms with Crippen LogP contribution in [0.15, 0.2) is 30.5 Å². The first kappa shape index (κ1) is 19.4. The van der Waals surface area contributed by atoms with Gasteiger partial charge in [0.05, 0.1) is 15.5 Å². The van der Waals surface area contributed by atoms with Crippen LogP contribution in [0.1, 0.15) is 30.1 Å². The molecule has 160 valence electrons. The highest BCUT2D eigenvalue weighted by Crippen LogP contribution is 2.44. The maximum atomic E-state index is 12.0. The highest BCUT2D eigenvalue weighted by Gasteiger charge is 2.32. The Bertz CT molecular complexity index is 1410. The molecule has 1 aliphatic heterocycles. The van der Waals surface area contributed by atoms with Crippen LogP contribution in [0.4, 0.5) is 16.9 Å². The fraction of sp³-hybridized carbons (Fsp3) is 0.381. The second-order valence-corrected chi connectivity index (χ2v) is 12.7. The molecule has 4 aromatic rings. The van der Waals surface area contributed by atoms with E-state index in [4.69, 9.17) is 9.97 Å². The van der Waals surface area contributed by atoms with Crippen molar-refractivity contribution in [1.82, 2.24) is 15.0 Å². The summed E-state index contributed by atoms with van der Waals surface area (Å²) in [5.41, 5.74) is 0.898. The van der Waals surface area contributed by atoms with E-state index in [0.29, 0.717) is 31.4 Å². The van der Waals surface area contributed by atoms with Gasteiger partial charge < -0.3 is 10.2 Å². The lowest BCUT2D eigenvalue weighted by Gasteiger charge is -2.17. The molecule has 0 spiro atoms. The van der Waals surface area contributed by atoms with Gasteiger partial charge in [-0.2, -0.15) is 4.98 Å². The molecule has 0 radical (unpaired) electrons. The highest BCUT2D eigenvalue weighted by atomic mass is 32.2. The van der Waals surface area contributed by atoms with E-state index in [0.717, 1.165) is 31.3 Å². The van der Waals surface area contributed by atoms with Crippen LogP contribution >= 0.6 is 22.7 Å². The molecule has 2 aliphatic rings. The first-order valence-electron chi connectivity index (χ1n) is 10.3. The lowest BCUT2D eigenvalue weighted by Crippen LogP contribution is -2.27. The molecule has 1 aliphatic carbocycles. The number of aromatic nitrogens is 3. The minimum absolute atomic E-state index is 0.373. The van der Waals surface area contributed by atoms with Crippen LogP contribution in [0.25, 0.3) is 20.3 Å². The summed E-state index contributed by atoms with van der Waals surface area (Å²) in [6, 6.07) is 8.21. The zero-order chi connectivity index (χ0) is 21.2. The summed E-state index contributed by atoms with van der Waals surface area (Å²) in [4.78, 5) is 17.6. The minimum atomic E-state index is -3.09. The third kappa shape index (κ3) is 3.56. The lowest BCUT2D eigenvalue weighted by molar-refractivity contribution is 0.589. The van der Waals surface area contributed by atoms with E-state index in [1.165, 1.54) is 24.0 Å². The van der Waals surface area contributed by atoms with Crippen LogP contribution < -0.4 is 10.2 Å². The van der Waals surface area contributed by atoms with Crippen LogP contribution in [0, 0.1) is 0 Å². The summed E-state index contributed by atoms with van der Waals surface area (Å²) < 4.78 is 26.2. The molecule has 2 fully saturated rings. The molecular weight excluding hydrogens is 450 g/mol. The van der Waals surface area contributed by atoms with E-state index in [9.17, 15) is 8.42 Å². The van der Waals surface area contributed by atoms with Gasteiger partial charge in [-0.05, 0) is 31.2 Å². The Kier molecular flexibility index (Phi) is 4.45. The molecule has 3 aromatic heterocycles. The summed E-state index contributed by atoms with van der Waals surface area (Å²) in [6.07, 6.45) is 6.37. The maximum absolute atomic E-state index is 12.0. The molecule has 1 saturated carbocycles. The number of nitrogens with one attached hydrogen (secondary N) is 1. The maximum Gasteiger partial charge on any atom is 0.228 e. The van der Waals surface area contributed by atoms with Gasteiger partial charge in [0.1, 0.15) is 0 Å². The monoisotopic (exact) mass is 471 g/mol. The molecule has 0 bridgehead atoms. The molecule has 1 saturated heterocycles. The number of thiophene rings is 1. The molecule has 31 heavy (non-hydrogen) atoms. The van der Waals surface area contributed by atoms with E-state index in [1.54, 1.807) is 22.7 Å². The van der Waals surface area contributed by atoms with Crippen LogP contribution in [0.2, 0.25) is 0 Å². The number of thiazole rings is 1. The molecule has 4 heterocycles. The highest BCUT2D eigenvalue weighted by molar-refractivity contribution is 7.91. The van der Waals surface area contributed by atoms with E-state index in [-0.39, 0.29) is 5.25 Å². The van der Waals surface area contributed by atoms with E-state index < -0.39 is 9.84 Å². The summed E-state index contributed by atoms with van der Waals surface area (Å²) in [6.45, 7) is 1.06. The van der Waals surface area contributed by atoms with E-state index in [1.807, 2.05) is 23.2 Å². The van der Waals surface area contributed by atoms with Crippen molar-refractivity contribution >= 4 is 69.7 Å². The van der Waals surface area contributed by atoms with Gasteiger partial charge in [0.15, 0.2) is 20.8 Å². The third-order valence-corrected chi connectivity index (χ3v) is 9.81. The average Bonchev–Trinajstić information content (AvgIpc) is 3.16. The van der Waals surface area contributed by atoms with Gasteiger partial charge in [-0.25, -0.2) is 18.4 Å². The van der Waals surface area contributed by atoms with Gasteiger partial charge >= 0.3 is 0 Å². The quantitative estimate of drug-likeness (QED) is 0.457. The largest absolute Gasteiger partial charge is 0.339 e. The van der Waals surface area contributed by atoms with Gasteiger partial charge in [0.25, 0.3) is 0 Å². The number of sulfone groups is 1. The van der Waals surface area contributed by atoms with E-state index >= 15 is 0 Å². The normalized spacial score (nSPS) is 19.5. The van der Waals surface area contributed by atoms with E-state index in [2.05, 4.69) is 22.4 Å². The number of anilines is 3. The Morgan fingerprint density at radius 1 is 1.13 bits per heavy atom. The molecule has 0 amide bonds. The number of hydrogen-bond acceptors (Lipinski definition) is 9. The fourth-order valence-electron chi connectivity index (χ4n) is 4.07. The predicted molar refractivity (Wildman–Crippen MR) is 128 cm³/mol. The van der Waals surface area contributed by atoms with Crippen molar-refractivity contribution in [1.29, 1.82) is 0 Å². The molecule has 6 rings (SSSR count). The van der Waals surface area contributed by atoms with Gasteiger partial charge in [-0.1, -0.05) is 18.2 Å². The van der Waals surface area contributed by atoms with Gasteiger partial charge in [0.2, 0.25) is 5.95 Å². The Labute approximate surface area is 188 Å². The van der Waals surface area contributed by atoms with Crippen LogP contribution in [-0.2, 0) is 9.84 Å². The van der Waals surface area contributed by atoms with Crippen molar-refractivity contribution in [2.45, 2.75) is 30.4 Å². The van der Waals surface area contributed by atoms with Gasteiger partial charge in [0, 0.05) is 40.5 Å². The number of fused-ring (bicyclic) bond motifs is 3. The van der Waals surface area contributed by atoms with Crippen molar-refractivity contribution in [2.75, 3.05) is 29.6 Å². The van der Waals surface area contributed by atoms with Crippen molar-refractivity contribution in [3.8, 4) is 0 Å². The lowest BCUT2D eigenvalue weighted by atomic mass is 10.2. The fourth-order valence-corrected chi connectivity index (χ4v) is 7.12. The molecular formula is C21H21N5O2S3. The summed E-state index contributed by atoms with van der Waals surface area (Å²) in [7, 11) is -3.09. The van der Waals surface area contributed by atoms with Crippen LogP contribution in [0.5, 0.6) is 0 Å². The second kappa shape index (κ2) is 7.11. The number of benzene rings is 1. The number of rotatable bonds is 5. The Balaban J connectivity index is 1.44. The van der Waals surface area contributed by atoms with Crippen molar-refractivity contribution in [3.05, 3.63) is 35.3 Å². The molecule has 1 atom stereocenters. The zero-order valence-electron chi connectivity index (χ0n) is 16.9. The molecule has 1 aromatic carbocycles. The average molecular weight is 472 g/mol. The topological polar surface area (TPSA) is 88.1 Å². The summed E-state index contributed by atoms with van der Waals surface area (Å²) in [5, 5.41) is 4.99. The standard InChI is InChI=1S/C21H21N5O2S3/c1-31(27,28)13-8-9-26(11-13)20-23-17-14-4-2-3-5-15(14)29-18(17)19(24-20)25-21-22-10-16(30-21)12-6-7-12/h2-5,10,12-13H,6-9,11H2,1H3,(H,22,23,24,25)/t13-/m0/s1. The molecule has 0 unspecified atom stereocenters. The predicted octanol–water partition coefficient (Wildman–Crippen LogP) is 4.55. The first-order chi connectivity index (χ1) is 15.0. The zero-order valence-corrected chi connectivity index (χ0v) is 19.4. The molecule has 10 heteroatoms. The van der Waals surface area contributed by atoms with Gasteiger partial charge in [-0.3, -0.25) is 0 Å². The Morgan fingerprint density at radius 3 is 2.74 bits per heavy atom. The smallest absolute Gasteiger partial charge is 0.228 e. The van der Waals surface area contributed by atoms with Crippen molar-refractivity contribution in [3.63, 3.8) is 0 Å². The first-order valence-corrected chi connectivity index (χ1v) is 13.9. The van der Waals surface area contributed by atoms with Crippen molar-refractivity contribution in [2.24, 2.45) is 0 Å². The Hall–Kier alpha value is -2.30. The third-order valence-electron chi connectivity index (χ3n) is 5.97. The summed E-state index contributed by atoms with van der Waals surface area (Å²) in [5.74, 6) is 1.97. The van der Waals surface area contributed by atoms with Gasteiger partial charge in [-0.15, -0.1) is 22.7 Å². The second-order valence-electron chi connectivity index (χ2n) is 8.30. The van der Waals surface area contributed by atoms with Crippen LogP contribution in [0.3, 0.4) is 0 Å². The number of nitrogens with zero attached hydrogens (tertiary/aromatic N) is 4. The Morgan fingerprint density at radius 2 is 1.97 bits per heavy atom. The summed E-state index contributed by atoms with van der Waals surface area (Å²) >= 11 is 3.35. The molecule has 7 nitrogen and oxygen atoms in total. The molecule has 1 N–H and O–H groups in total. The SMILES string of the molecule is CS(=O)(=O)[C@H]1CCN(c2nc(Nc3ncc(C4CC4)s3)c3sc4ccccc4c3n2)C1. The van der Waals surface area contributed by atoms with Crippen molar-refractivity contribution < 1.29 is 8.42 Å². The number of hydrogen-bond donors (Lipinski definition) is 1.